The van der Waals surface area contributed by atoms with Crippen LogP contribution in [0.1, 0.15) is 27.2 Å². The molecule has 0 fully saturated rings. The molecule has 0 saturated carbocycles. The summed E-state index contributed by atoms with van der Waals surface area (Å²) in [6.07, 6.45) is 1.03. The molecule has 0 aromatic rings. The fraction of sp³-hybridized carbons (Fsp3) is 0.727. The number of carbonyl (C=O) groups is 1. The zero-order chi connectivity index (χ0) is 10.8. The summed E-state index contributed by atoms with van der Waals surface area (Å²) in [5.41, 5.74) is 0. The second-order valence-electron chi connectivity index (χ2n) is 3.56. The normalized spacial score (nSPS) is 9.43. The van der Waals surface area contributed by atoms with E-state index in [1.165, 1.54) is 0 Å². The van der Waals surface area contributed by atoms with Gasteiger partial charge in [0.1, 0.15) is 0 Å². The van der Waals surface area contributed by atoms with E-state index in [0.717, 1.165) is 13.0 Å². The maximum Gasteiger partial charge on any atom is 0.233 e. The molecule has 0 rings (SSSR count). The van der Waals surface area contributed by atoms with E-state index in [0.29, 0.717) is 19.0 Å². The van der Waals surface area contributed by atoms with E-state index in [-0.39, 0.29) is 5.91 Å². The molecule has 80 valence electrons. The van der Waals surface area contributed by atoms with Crippen LogP contribution < -0.4 is 10.6 Å². The highest BCUT2D eigenvalue weighted by Gasteiger charge is 1.99. The zero-order valence-corrected chi connectivity index (χ0v) is 9.31. The molecule has 0 radical (unpaired) electrons. The summed E-state index contributed by atoms with van der Waals surface area (Å²) in [4.78, 5) is 11.2. The molecule has 14 heavy (non-hydrogen) atoms. The zero-order valence-electron chi connectivity index (χ0n) is 9.31. The highest BCUT2D eigenvalue weighted by Crippen LogP contribution is 1.95. The summed E-state index contributed by atoms with van der Waals surface area (Å²) in [5.74, 6) is 6.27. The van der Waals surface area contributed by atoms with Gasteiger partial charge in [0.05, 0.1) is 13.1 Å². The molecule has 0 aromatic carbocycles. The average Bonchev–Trinajstić information content (AvgIpc) is 2.12. The predicted octanol–water partition coefficient (Wildman–Crippen LogP) is 0.762. The first-order valence-corrected chi connectivity index (χ1v) is 5.03. The summed E-state index contributed by atoms with van der Waals surface area (Å²) in [6.45, 7) is 7.76. The van der Waals surface area contributed by atoms with Crippen molar-refractivity contribution in [3.63, 3.8) is 0 Å². The molecular formula is C11H20N2O. The van der Waals surface area contributed by atoms with Gasteiger partial charge in [0.2, 0.25) is 5.91 Å². The van der Waals surface area contributed by atoms with Crippen molar-refractivity contribution in [3.05, 3.63) is 0 Å². The second-order valence-corrected chi connectivity index (χ2v) is 3.56. The molecule has 0 atom stereocenters. The number of hydrogen-bond acceptors (Lipinski definition) is 2. The molecule has 3 heteroatoms. The Bertz CT molecular complexity index is 213. The van der Waals surface area contributed by atoms with Gasteiger partial charge in [-0.15, -0.1) is 5.92 Å². The average molecular weight is 196 g/mol. The van der Waals surface area contributed by atoms with E-state index in [1.54, 1.807) is 6.92 Å². The number of nitrogens with one attached hydrogen (secondary N) is 2. The van der Waals surface area contributed by atoms with Crippen LogP contribution >= 0.6 is 0 Å². The Hall–Kier alpha value is -1.01. The molecule has 0 aliphatic carbocycles. The van der Waals surface area contributed by atoms with Crippen LogP contribution in [-0.2, 0) is 4.79 Å². The monoisotopic (exact) mass is 196 g/mol. The Morgan fingerprint density at radius 1 is 1.43 bits per heavy atom. The molecule has 3 nitrogen and oxygen atoms in total. The van der Waals surface area contributed by atoms with E-state index in [9.17, 15) is 4.79 Å². The van der Waals surface area contributed by atoms with E-state index < -0.39 is 0 Å². The fourth-order valence-corrected chi connectivity index (χ4v) is 0.890. The minimum atomic E-state index is 0.0450. The van der Waals surface area contributed by atoms with Gasteiger partial charge >= 0.3 is 0 Å². The molecule has 2 N–H and O–H groups in total. The first kappa shape index (κ1) is 13.0. The van der Waals surface area contributed by atoms with Gasteiger partial charge in [-0.3, -0.25) is 10.1 Å². The topological polar surface area (TPSA) is 41.1 Å². The first-order chi connectivity index (χ1) is 6.66. The Morgan fingerprint density at radius 3 is 2.71 bits per heavy atom. The largest absolute Gasteiger partial charge is 0.355 e. The van der Waals surface area contributed by atoms with Crippen LogP contribution in [0.15, 0.2) is 0 Å². The number of rotatable bonds is 6. The van der Waals surface area contributed by atoms with E-state index >= 15 is 0 Å². The van der Waals surface area contributed by atoms with E-state index in [1.807, 2.05) is 0 Å². The number of amides is 1. The summed E-state index contributed by atoms with van der Waals surface area (Å²) in [7, 11) is 0. The summed E-state index contributed by atoms with van der Waals surface area (Å²) in [6, 6.07) is 0. The number of hydrogen-bond donors (Lipinski definition) is 2. The first-order valence-electron chi connectivity index (χ1n) is 5.03. The van der Waals surface area contributed by atoms with Crippen LogP contribution in [0.3, 0.4) is 0 Å². The second kappa shape index (κ2) is 8.58. The SMILES string of the molecule is CC#CCNCC(=O)NCCC(C)C. The quantitative estimate of drug-likeness (QED) is 0.486. The van der Waals surface area contributed by atoms with Crippen molar-refractivity contribution in [3.8, 4) is 11.8 Å². The van der Waals surface area contributed by atoms with Gasteiger partial charge in [0.15, 0.2) is 0 Å². The van der Waals surface area contributed by atoms with Gasteiger partial charge in [0, 0.05) is 6.54 Å². The standard InChI is InChI=1S/C11H20N2O/c1-4-5-7-12-9-11(14)13-8-6-10(2)3/h10,12H,6-9H2,1-3H3,(H,13,14). The summed E-state index contributed by atoms with van der Waals surface area (Å²) in [5, 5.41) is 5.78. The van der Waals surface area contributed by atoms with Crippen molar-refractivity contribution in [1.29, 1.82) is 0 Å². The third-order valence-electron chi connectivity index (χ3n) is 1.72. The highest BCUT2D eigenvalue weighted by atomic mass is 16.1. The molecule has 0 heterocycles. The Kier molecular flexibility index (Phi) is 7.96. The van der Waals surface area contributed by atoms with Gasteiger partial charge < -0.3 is 5.32 Å². The van der Waals surface area contributed by atoms with Gasteiger partial charge in [-0.25, -0.2) is 0 Å². The third kappa shape index (κ3) is 9.08. The van der Waals surface area contributed by atoms with Crippen molar-refractivity contribution in [2.75, 3.05) is 19.6 Å². The van der Waals surface area contributed by atoms with Crippen molar-refractivity contribution in [2.24, 2.45) is 5.92 Å². The van der Waals surface area contributed by atoms with Crippen molar-refractivity contribution >= 4 is 5.91 Å². The van der Waals surface area contributed by atoms with Crippen LogP contribution in [-0.4, -0.2) is 25.5 Å². The highest BCUT2D eigenvalue weighted by molar-refractivity contribution is 5.77. The lowest BCUT2D eigenvalue weighted by molar-refractivity contribution is -0.120. The molecule has 0 bridgehead atoms. The van der Waals surface area contributed by atoms with Gasteiger partial charge in [-0.2, -0.15) is 0 Å². The Balaban J connectivity index is 3.31. The molecule has 1 amide bonds. The lowest BCUT2D eigenvalue weighted by Crippen LogP contribution is -2.34. The van der Waals surface area contributed by atoms with Crippen molar-refractivity contribution in [1.82, 2.24) is 10.6 Å². The summed E-state index contributed by atoms with van der Waals surface area (Å²) >= 11 is 0. The third-order valence-corrected chi connectivity index (χ3v) is 1.72. The lowest BCUT2D eigenvalue weighted by Gasteiger charge is -2.06. The predicted molar refractivity (Wildman–Crippen MR) is 58.8 cm³/mol. The Labute approximate surface area is 86.6 Å². The maximum atomic E-state index is 11.2. The van der Waals surface area contributed by atoms with Gasteiger partial charge in [-0.05, 0) is 19.3 Å². The van der Waals surface area contributed by atoms with Crippen LogP contribution in [0, 0.1) is 17.8 Å². The lowest BCUT2D eigenvalue weighted by atomic mass is 10.1. The van der Waals surface area contributed by atoms with E-state index in [4.69, 9.17) is 0 Å². The molecular weight excluding hydrogens is 176 g/mol. The van der Waals surface area contributed by atoms with Gasteiger partial charge in [-0.1, -0.05) is 19.8 Å². The van der Waals surface area contributed by atoms with Crippen LogP contribution in [0.25, 0.3) is 0 Å². The molecule has 0 spiro atoms. The molecule has 0 unspecified atom stereocenters. The van der Waals surface area contributed by atoms with Crippen LogP contribution in [0.2, 0.25) is 0 Å². The van der Waals surface area contributed by atoms with Crippen molar-refractivity contribution in [2.45, 2.75) is 27.2 Å². The molecule has 0 aliphatic rings. The van der Waals surface area contributed by atoms with Crippen molar-refractivity contribution < 1.29 is 4.79 Å². The fourth-order valence-electron chi connectivity index (χ4n) is 0.890. The molecule has 0 aliphatic heterocycles. The van der Waals surface area contributed by atoms with E-state index in [2.05, 4.69) is 36.3 Å². The summed E-state index contributed by atoms with van der Waals surface area (Å²) < 4.78 is 0. The maximum absolute atomic E-state index is 11.2. The minimum Gasteiger partial charge on any atom is -0.355 e. The Morgan fingerprint density at radius 2 is 2.14 bits per heavy atom. The molecule has 0 saturated heterocycles. The number of carbonyl (C=O) groups excluding carboxylic acids is 1. The molecule has 0 aromatic heterocycles. The van der Waals surface area contributed by atoms with Crippen LogP contribution in [0.5, 0.6) is 0 Å². The van der Waals surface area contributed by atoms with Crippen LogP contribution in [0.4, 0.5) is 0 Å². The minimum absolute atomic E-state index is 0.0450. The van der Waals surface area contributed by atoms with Gasteiger partial charge in [0.25, 0.3) is 0 Å². The smallest absolute Gasteiger partial charge is 0.233 e.